The normalized spacial score (nSPS) is 12.8. The number of unbranched alkanes of at least 4 members (excludes halogenated alkanes) is 4. The second-order valence-electron chi connectivity index (χ2n) is 3.04. The van der Waals surface area contributed by atoms with Crippen LogP contribution in [0.25, 0.3) is 0 Å². The summed E-state index contributed by atoms with van der Waals surface area (Å²) >= 11 is 0. The van der Waals surface area contributed by atoms with E-state index in [2.05, 4.69) is 6.92 Å². The number of carboxylic acids is 1. The van der Waals surface area contributed by atoms with Gasteiger partial charge in [0.1, 0.15) is 0 Å². The Morgan fingerprint density at radius 3 is 2.42 bits per heavy atom. The van der Waals surface area contributed by atoms with Crippen LogP contribution in [0.2, 0.25) is 0 Å². The van der Waals surface area contributed by atoms with Gasteiger partial charge in [-0.3, -0.25) is 0 Å². The van der Waals surface area contributed by atoms with Gasteiger partial charge in [0, 0.05) is 0 Å². The quantitative estimate of drug-likeness (QED) is 0.569. The van der Waals surface area contributed by atoms with E-state index in [9.17, 15) is 9.90 Å². The van der Waals surface area contributed by atoms with Crippen molar-refractivity contribution in [2.45, 2.75) is 51.6 Å². The predicted octanol–water partition coefficient (Wildman–Crippen LogP) is 0.458. The fraction of sp³-hybridized carbons (Fsp3) is 0.889. The number of rotatable bonds is 7. The van der Waals surface area contributed by atoms with E-state index in [-0.39, 0.29) is 0 Å². The topological polar surface area (TPSA) is 60.4 Å². The Kier molecular flexibility index (Phi) is 6.76. The van der Waals surface area contributed by atoms with Crippen LogP contribution in [0, 0.1) is 0 Å². The largest absolute Gasteiger partial charge is 0.547 e. The molecule has 0 aromatic carbocycles. The van der Waals surface area contributed by atoms with Gasteiger partial charge in [0.05, 0.1) is 12.1 Å². The summed E-state index contributed by atoms with van der Waals surface area (Å²) in [5.74, 6) is -1.36. The Morgan fingerprint density at radius 1 is 1.33 bits per heavy atom. The molecule has 0 bridgehead atoms. The smallest absolute Gasteiger partial charge is 0.0933 e. The maximum absolute atomic E-state index is 10.1. The van der Waals surface area contributed by atoms with Gasteiger partial charge < -0.3 is 15.0 Å². The average Bonchev–Trinajstić information content (AvgIpc) is 2.03. The van der Waals surface area contributed by atoms with Crippen molar-refractivity contribution in [3.05, 3.63) is 0 Å². The summed E-state index contributed by atoms with van der Waals surface area (Å²) in [5, 5.41) is 18.9. The third-order valence-corrected chi connectivity index (χ3v) is 1.85. The third-order valence-electron chi connectivity index (χ3n) is 1.85. The third kappa shape index (κ3) is 6.16. The minimum atomic E-state index is -1.36. The number of carbonyl (C=O) groups is 1. The molecular formula is C9H17O3-. The molecule has 1 unspecified atom stereocenters. The Bertz CT molecular complexity index is 123. The molecule has 1 atom stereocenters. The Balaban J connectivity index is 3.14. The minimum absolute atomic E-state index is 0.325. The van der Waals surface area contributed by atoms with Crippen LogP contribution in [0.5, 0.6) is 0 Å². The summed E-state index contributed by atoms with van der Waals surface area (Å²) in [6, 6.07) is 0. The van der Waals surface area contributed by atoms with E-state index in [4.69, 9.17) is 5.11 Å². The Hall–Kier alpha value is -0.570. The molecule has 0 heterocycles. The molecule has 0 rings (SSSR count). The summed E-state index contributed by atoms with van der Waals surface area (Å²) in [6.07, 6.45) is 4.30. The molecule has 0 aliphatic rings. The monoisotopic (exact) mass is 173 g/mol. The molecule has 0 amide bonds. The van der Waals surface area contributed by atoms with Crippen molar-refractivity contribution < 1.29 is 15.0 Å². The first-order chi connectivity index (χ1) is 5.68. The molecule has 0 aliphatic carbocycles. The fourth-order valence-corrected chi connectivity index (χ4v) is 1.06. The molecule has 0 fully saturated rings. The summed E-state index contributed by atoms with van der Waals surface area (Å²) in [7, 11) is 0. The zero-order valence-corrected chi connectivity index (χ0v) is 7.58. The van der Waals surface area contributed by atoms with Crippen molar-refractivity contribution in [3.63, 3.8) is 0 Å². The van der Waals surface area contributed by atoms with Crippen LogP contribution < -0.4 is 5.11 Å². The summed E-state index contributed by atoms with van der Waals surface area (Å²) in [6.45, 7) is 2.12. The van der Waals surface area contributed by atoms with Gasteiger partial charge in [-0.1, -0.05) is 39.0 Å². The van der Waals surface area contributed by atoms with Gasteiger partial charge in [0.15, 0.2) is 0 Å². The van der Waals surface area contributed by atoms with E-state index in [1.165, 1.54) is 12.8 Å². The van der Waals surface area contributed by atoms with Gasteiger partial charge in [-0.05, 0) is 6.42 Å². The lowest BCUT2D eigenvalue weighted by atomic mass is 10.1. The molecule has 72 valence electrons. The molecule has 0 aromatic heterocycles. The van der Waals surface area contributed by atoms with Crippen LogP contribution in [0.1, 0.15) is 45.4 Å². The second-order valence-corrected chi connectivity index (χ2v) is 3.04. The van der Waals surface area contributed by atoms with Crippen molar-refractivity contribution in [1.82, 2.24) is 0 Å². The maximum Gasteiger partial charge on any atom is 0.0933 e. The fourth-order valence-electron chi connectivity index (χ4n) is 1.06. The van der Waals surface area contributed by atoms with E-state index in [1.54, 1.807) is 0 Å². The maximum atomic E-state index is 10.1. The molecule has 0 radical (unpaired) electrons. The van der Waals surface area contributed by atoms with E-state index < -0.39 is 12.1 Å². The molecule has 0 aliphatic heterocycles. The zero-order chi connectivity index (χ0) is 9.40. The van der Waals surface area contributed by atoms with Crippen molar-refractivity contribution in [2.24, 2.45) is 0 Å². The van der Waals surface area contributed by atoms with Crippen LogP contribution in [-0.2, 0) is 4.79 Å². The second kappa shape index (κ2) is 7.10. The van der Waals surface area contributed by atoms with Gasteiger partial charge in [-0.2, -0.15) is 0 Å². The standard InChI is InChI=1S/C9H18O3/c1-2-3-4-5-6-7-8(10)9(11)12/h8,10H,2-7H2,1H3,(H,11,12)/p-1. The number of carbonyl (C=O) groups excluding carboxylic acids is 1. The van der Waals surface area contributed by atoms with Crippen molar-refractivity contribution in [3.8, 4) is 0 Å². The molecular weight excluding hydrogens is 156 g/mol. The Morgan fingerprint density at radius 2 is 1.92 bits per heavy atom. The molecule has 0 saturated heterocycles. The van der Waals surface area contributed by atoms with E-state index in [0.717, 1.165) is 19.3 Å². The minimum Gasteiger partial charge on any atom is -0.547 e. The van der Waals surface area contributed by atoms with Crippen LogP contribution in [0.4, 0.5) is 0 Å². The van der Waals surface area contributed by atoms with Crippen molar-refractivity contribution in [1.29, 1.82) is 0 Å². The number of hydrogen-bond donors (Lipinski definition) is 1. The van der Waals surface area contributed by atoms with E-state index in [0.29, 0.717) is 6.42 Å². The van der Waals surface area contributed by atoms with Crippen molar-refractivity contribution >= 4 is 5.97 Å². The first-order valence-electron chi connectivity index (χ1n) is 4.57. The highest BCUT2D eigenvalue weighted by Crippen LogP contribution is 2.06. The van der Waals surface area contributed by atoms with Crippen LogP contribution in [-0.4, -0.2) is 17.2 Å². The molecule has 1 N–H and O–H groups in total. The van der Waals surface area contributed by atoms with Gasteiger partial charge in [-0.25, -0.2) is 0 Å². The van der Waals surface area contributed by atoms with Gasteiger partial charge >= 0.3 is 0 Å². The summed E-state index contributed by atoms with van der Waals surface area (Å²) < 4.78 is 0. The Labute approximate surface area is 73.4 Å². The van der Waals surface area contributed by atoms with Crippen LogP contribution >= 0.6 is 0 Å². The SMILES string of the molecule is CCCCCCCC(O)C(=O)[O-]. The zero-order valence-electron chi connectivity index (χ0n) is 7.58. The first-order valence-corrected chi connectivity index (χ1v) is 4.57. The van der Waals surface area contributed by atoms with Gasteiger partial charge in [0.25, 0.3) is 0 Å². The number of carboxylic acid groups (broad SMARTS) is 1. The molecule has 0 spiro atoms. The highest BCUT2D eigenvalue weighted by molar-refractivity contribution is 5.69. The molecule has 0 aromatic rings. The molecule has 3 nitrogen and oxygen atoms in total. The van der Waals surface area contributed by atoms with Gasteiger partial charge in [-0.15, -0.1) is 0 Å². The van der Waals surface area contributed by atoms with E-state index in [1.807, 2.05) is 0 Å². The van der Waals surface area contributed by atoms with Crippen LogP contribution in [0.15, 0.2) is 0 Å². The summed E-state index contributed by atoms with van der Waals surface area (Å²) in [4.78, 5) is 10.1. The van der Waals surface area contributed by atoms with Gasteiger partial charge in [0.2, 0.25) is 0 Å². The predicted molar refractivity (Wildman–Crippen MR) is 44.4 cm³/mol. The van der Waals surface area contributed by atoms with E-state index >= 15 is 0 Å². The summed E-state index contributed by atoms with van der Waals surface area (Å²) in [5.41, 5.74) is 0. The van der Waals surface area contributed by atoms with Crippen molar-refractivity contribution in [2.75, 3.05) is 0 Å². The number of hydrogen-bond acceptors (Lipinski definition) is 3. The highest BCUT2D eigenvalue weighted by Gasteiger charge is 2.02. The molecule has 3 heteroatoms. The lowest BCUT2D eigenvalue weighted by Gasteiger charge is -2.10. The molecule has 12 heavy (non-hydrogen) atoms. The molecule has 0 saturated carbocycles. The average molecular weight is 173 g/mol. The number of aliphatic carboxylic acids is 1. The number of aliphatic hydroxyl groups is 1. The van der Waals surface area contributed by atoms with Crippen LogP contribution in [0.3, 0.4) is 0 Å². The lowest BCUT2D eigenvalue weighted by molar-refractivity contribution is -0.315. The number of aliphatic hydroxyl groups excluding tert-OH is 1. The lowest BCUT2D eigenvalue weighted by Crippen LogP contribution is -2.35. The highest BCUT2D eigenvalue weighted by atomic mass is 16.4. The first kappa shape index (κ1) is 11.4.